The molecule has 6 heteroatoms. The van der Waals surface area contributed by atoms with Gasteiger partial charge in [-0.1, -0.05) is 39.0 Å². The summed E-state index contributed by atoms with van der Waals surface area (Å²) in [7, 11) is 1.55. The predicted molar refractivity (Wildman–Crippen MR) is 119 cm³/mol. The minimum atomic E-state index is -0.227. The maximum atomic E-state index is 13.1. The molecule has 0 radical (unpaired) electrons. The molecule has 0 aliphatic heterocycles. The maximum Gasteiger partial charge on any atom is 0.254 e. The van der Waals surface area contributed by atoms with Crippen LogP contribution in [0.1, 0.15) is 43.1 Å². The number of methoxy groups -OCH3 is 1. The Morgan fingerprint density at radius 1 is 1.10 bits per heavy atom. The molecule has 6 nitrogen and oxygen atoms in total. The van der Waals surface area contributed by atoms with E-state index in [1.54, 1.807) is 30.2 Å². The van der Waals surface area contributed by atoms with Crippen molar-refractivity contribution in [2.24, 2.45) is 5.92 Å². The molecule has 0 bridgehead atoms. The first-order valence-electron chi connectivity index (χ1n) is 10.3. The topological polar surface area (TPSA) is 67.9 Å². The molecule has 0 heterocycles. The molecule has 0 saturated heterocycles. The summed E-state index contributed by atoms with van der Waals surface area (Å²) in [6.07, 6.45) is 0.746. The Bertz CT molecular complexity index is 864. The Hall–Kier alpha value is -3.02. The molecule has 0 unspecified atom stereocenters. The molecule has 0 atom stereocenters. The smallest absolute Gasteiger partial charge is 0.254 e. The quantitative estimate of drug-likeness (QED) is 0.623. The van der Waals surface area contributed by atoms with Crippen LogP contribution in [0, 0.1) is 12.8 Å². The highest BCUT2D eigenvalue weighted by molar-refractivity contribution is 6.00. The summed E-state index contributed by atoms with van der Waals surface area (Å²) in [5, 5.41) is 2.89. The van der Waals surface area contributed by atoms with Crippen molar-refractivity contribution in [2.45, 2.75) is 34.1 Å². The maximum absolute atomic E-state index is 13.1. The summed E-state index contributed by atoms with van der Waals surface area (Å²) in [5.41, 5.74) is 2.18. The van der Waals surface area contributed by atoms with Gasteiger partial charge in [0.05, 0.1) is 13.7 Å². The van der Waals surface area contributed by atoms with Crippen LogP contribution in [0.15, 0.2) is 42.5 Å². The van der Waals surface area contributed by atoms with E-state index >= 15 is 0 Å². The highest BCUT2D eigenvalue weighted by Gasteiger charge is 2.20. The molecule has 0 fully saturated rings. The van der Waals surface area contributed by atoms with Crippen molar-refractivity contribution in [3.05, 3.63) is 53.6 Å². The summed E-state index contributed by atoms with van der Waals surface area (Å²) in [4.78, 5) is 27.2. The highest BCUT2D eigenvalue weighted by Crippen LogP contribution is 2.29. The molecule has 2 amide bonds. The van der Waals surface area contributed by atoms with E-state index < -0.39 is 0 Å². The number of ether oxygens (including phenoxy) is 2. The lowest BCUT2D eigenvalue weighted by Crippen LogP contribution is -2.38. The van der Waals surface area contributed by atoms with E-state index in [2.05, 4.69) is 19.2 Å². The van der Waals surface area contributed by atoms with Gasteiger partial charge in [0.25, 0.3) is 5.91 Å². The van der Waals surface area contributed by atoms with Gasteiger partial charge in [-0.3, -0.25) is 9.59 Å². The van der Waals surface area contributed by atoms with Crippen LogP contribution < -0.4 is 14.8 Å². The van der Waals surface area contributed by atoms with E-state index in [1.807, 2.05) is 38.1 Å². The fourth-order valence-electron chi connectivity index (χ4n) is 2.96. The van der Waals surface area contributed by atoms with Crippen molar-refractivity contribution in [2.75, 3.05) is 32.1 Å². The van der Waals surface area contributed by atoms with E-state index in [4.69, 9.17) is 9.47 Å². The second-order valence-corrected chi connectivity index (χ2v) is 7.66. The van der Waals surface area contributed by atoms with Gasteiger partial charge in [0.2, 0.25) is 5.91 Å². The molecule has 0 saturated carbocycles. The Balaban J connectivity index is 2.13. The zero-order valence-corrected chi connectivity index (χ0v) is 18.5. The molecule has 30 heavy (non-hydrogen) atoms. The van der Waals surface area contributed by atoms with Gasteiger partial charge in [-0.25, -0.2) is 0 Å². The van der Waals surface area contributed by atoms with Crippen LogP contribution in [0.2, 0.25) is 0 Å². The van der Waals surface area contributed by atoms with Crippen molar-refractivity contribution in [1.82, 2.24) is 4.90 Å². The standard InChI is InChI=1S/C24H32N2O4/c1-6-13-26(15-23(27)25-20-10-8-7-9-18(20)4)24(28)19-11-12-21(22(14-19)29-5)30-16-17(2)3/h7-12,14,17H,6,13,15-16H2,1-5H3,(H,25,27). The lowest BCUT2D eigenvalue weighted by molar-refractivity contribution is -0.116. The van der Waals surface area contributed by atoms with Crippen LogP contribution >= 0.6 is 0 Å². The van der Waals surface area contributed by atoms with Gasteiger partial charge in [0, 0.05) is 17.8 Å². The third kappa shape index (κ3) is 6.51. The molecular formula is C24H32N2O4. The second-order valence-electron chi connectivity index (χ2n) is 7.66. The number of carbonyl (C=O) groups is 2. The first-order valence-corrected chi connectivity index (χ1v) is 10.3. The molecule has 0 aliphatic rings. The van der Waals surface area contributed by atoms with Crippen molar-refractivity contribution in [3.63, 3.8) is 0 Å². The molecular weight excluding hydrogens is 380 g/mol. The average Bonchev–Trinajstić information content (AvgIpc) is 2.72. The number of hydrogen-bond donors (Lipinski definition) is 1. The number of rotatable bonds is 10. The molecule has 0 aliphatic carbocycles. The Kier molecular flexibility index (Phi) is 8.71. The first-order chi connectivity index (χ1) is 14.3. The SMILES string of the molecule is CCCN(CC(=O)Nc1ccccc1C)C(=O)c1ccc(OCC(C)C)c(OC)c1. The van der Waals surface area contributed by atoms with Crippen LogP contribution in [0.5, 0.6) is 11.5 Å². The minimum Gasteiger partial charge on any atom is -0.493 e. The molecule has 2 aromatic carbocycles. The lowest BCUT2D eigenvalue weighted by atomic mass is 10.1. The number of hydrogen-bond acceptors (Lipinski definition) is 4. The van der Waals surface area contributed by atoms with Crippen molar-refractivity contribution in [1.29, 1.82) is 0 Å². The number of anilines is 1. The average molecular weight is 413 g/mol. The number of nitrogens with zero attached hydrogens (tertiary/aromatic N) is 1. The van der Waals surface area contributed by atoms with Crippen LogP contribution in [-0.2, 0) is 4.79 Å². The summed E-state index contributed by atoms with van der Waals surface area (Å²) in [6, 6.07) is 12.7. The lowest BCUT2D eigenvalue weighted by Gasteiger charge is -2.22. The summed E-state index contributed by atoms with van der Waals surface area (Å²) < 4.78 is 11.2. The zero-order valence-electron chi connectivity index (χ0n) is 18.5. The third-order valence-corrected chi connectivity index (χ3v) is 4.52. The van der Waals surface area contributed by atoms with Crippen LogP contribution in [0.25, 0.3) is 0 Å². The van der Waals surface area contributed by atoms with Gasteiger partial charge in [0.15, 0.2) is 11.5 Å². The van der Waals surface area contributed by atoms with E-state index in [9.17, 15) is 9.59 Å². The number of aryl methyl sites for hydroxylation is 1. The zero-order chi connectivity index (χ0) is 22.1. The highest BCUT2D eigenvalue weighted by atomic mass is 16.5. The number of benzene rings is 2. The van der Waals surface area contributed by atoms with Gasteiger partial charge in [-0.15, -0.1) is 0 Å². The summed E-state index contributed by atoms with van der Waals surface area (Å²) in [5.74, 6) is 1.03. The first kappa shape index (κ1) is 23.3. The van der Waals surface area contributed by atoms with Crippen molar-refractivity contribution >= 4 is 17.5 Å². The molecule has 2 rings (SSSR count). The Morgan fingerprint density at radius 2 is 1.83 bits per heavy atom. The summed E-state index contributed by atoms with van der Waals surface area (Å²) >= 11 is 0. The number of amides is 2. The largest absolute Gasteiger partial charge is 0.493 e. The normalized spacial score (nSPS) is 10.6. The van der Waals surface area contributed by atoms with E-state index in [0.717, 1.165) is 17.7 Å². The van der Waals surface area contributed by atoms with Crippen LogP contribution in [0.3, 0.4) is 0 Å². The minimum absolute atomic E-state index is 0.0189. The van der Waals surface area contributed by atoms with Gasteiger partial charge in [-0.2, -0.15) is 0 Å². The second kappa shape index (κ2) is 11.2. The predicted octanol–water partition coefficient (Wildman–Crippen LogP) is 4.53. The molecule has 1 N–H and O–H groups in total. The number of nitrogens with one attached hydrogen (secondary N) is 1. The fourth-order valence-corrected chi connectivity index (χ4v) is 2.96. The van der Waals surface area contributed by atoms with Crippen LogP contribution in [0.4, 0.5) is 5.69 Å². The Morgan fingerprint density at radius 3 is 2.47 bits per heavy atom. The number of carbonyl (C=O) groups excluding carboxylic acids is 2. The van der Waals surface area contributed by atoms with Crippen molar-refractivity contribution < 1.29 is 19.1 Å². The van der Waals surface area contributed by atoms with E-state index in [0.29, 0.717) is 36.1 Å². The van der Waals surface area contributed by atoms with Gasteiger partial charge < -0.3 is 19.7 Å². The summed E-state index contributed by atoms with van der Waals surface area (Å²) in [6.45, 7) is 9.06. The van der Waals surface area contributed by atoms with Crippen molar-refractivity contribution in [3.8, 4) is 11.5 Å². The molecule has 2 aromatic rings. The van der Waals surface area contributed by atoms with E-state index in [1.165, 1.54) is 0 Å². The van der Waals surface area contributed by atoms with Gasteiger partial charge in [0.1, 0.15) is 6.54 Å². The van der Waals surface area contributed by atoms with Gasteiger partial charge >= 0.3 is 0 Å². The molecule has 0 spiro atoms. The monoisotopic (exact) mass is 412 g/mol. The molecule has 162 valence electrons. The molecule has 0 aromatic heterocycles. The third-order valence-electron chi connectivity index (χ3n) is 4.52. The van der Waals surface area contributed by atoms with Crippen LogP contribution in [-0.4, -0.2) is 43.5 Å². The fraction of sp³-hybridized carbons (Fsp3) is 0.417. The Labute approximate surface area is 179 Å². The van der Waals surface area contributed by atoms with E-state index in [-0.39, 0.29) is 18.4 Å². The number of para-hydroxylation sites is 1. The van der Waals surface area contributed by atoms with Gasteiger partial charge in [-0.05, 0) is 49.1 Å².